The number of rotatable bonds is 4. The molecule has 1 aromatic carbocycles. The summed E-state index contributed by atoms with van der Waals surface area (Å²) in [7, 11) is 0. The molecule has 2 aromatic rings. The molecular weight excluding hydrogens is 411 g/mol. The number of piperidine rings is 2. The summed E-state index contributed by atoms with van der Waals surface area (Å²) in [5.74, 6) is -0.0917. The van der Waals surface area contributed by atoms with Gasteiger partial charge in [0, 0.05) is 31.3 Å². The number of halogens is 1. The maximum absolute atomic E-state index is 13.4. The van der Waals surface area contributed by atoms with Crippen LogP contribution in [-0.4, -0.2) is 58.7 Å². The molecule has 1 unspecified atom stereocenters. The zero-order valence-electron chi connectivity index (χ0n) is 18.4. The molecule has 1 atom stereocenters. The minimum atomic E-state index is -0.584. The number of hydrogen-bond acceptors (Lipinski definition) is 7. The maximum atomic E-state index is 13.4. The Labute approximate surface area is 187 Å². The first-order valence-electron chi connectivity index (χ1n) is 11.4. The Morgan fingerprint density at radius 1 is 1.16 bits per heavy atom. The molecule has 1 N–H and O–H groups in total. The molecule has 1 aromatic heterocycles. The minimum Gasteiger partial charge on any atom is -0.457 e. The molecule has 170 valence electrons. The SMILES string of the molecule is Cc1c(C(O)CN2CCC3(CC2)CCN(c2cc(F)ncn2)CC3)ccc2c1COC2=O. The number of benzene rings is 1. The highest BCUT2D eigenvalue weighted by Crippen LogP contribution is 2.42. The van der Waals surface area contributed by atoms with E-state index in [0.717, 1.165) is 68.6 Å². The Hall–Kier alpha value is -2.58. The van der Waals surface area contributed by atoms with E-state index in [1.54, 1.807) is 6.07 Å². The zero-order valence-corrected chi connectivity index (χ0v) is 18.4. The van der Waals surface area contributed by atoms with Crippen molar-refractivity contribution in [3.63, 3.8) is 0 Å². The van der Waals surface area contributed by atoms with Crippen LogP contribution < -0.4 is 4.90 Å². The lowest BCUT2D eigenvalue weighted by Gasteiger charge is -2.47. The lowest BCUT2D eigenvalue weighted by Crippen LogP contribution is -2.47. The second-order valence-electron chi connectivity index (χ2n) is 9.38. The van der Waals surface area contributed by atoms with Crippen LogP contribution in [0.3, 0.4) is 0 Å². The first-order chi connectivity index (χ1) is 15.4. The van der Waals surface area contributed by atoms with Crippen LogP contribution in [0.5, 0.6) is 0 Å². The van der Waals surface area contributed by atoms with E-state index in [1.165, 1.54) is 12.4 Å². The smallest absolute Gasteiger partial charge is 0.338 e. The number of carbonyl (C=O) groups excluding carboxylic acids is 1. The van der Waals surface area contributed by atoms with Crippen LogP contribution in [0.1, 0.15) is 58.8 Å². The Bertz CT molecular complexity index is 1010. The summed E-state index contributed by atoms with van der Waals surface area (Å²) in [5, 5.41) is 10.9. The Balaban J connectivity index is 1.16. The Kier molecular flexibility index (Phi) is 5.59. The summed E-state index contributed by atoms with van der Waals surface area (Å²) in [5.41, 5.74) is 3.69. The van der Waals surface area contributed by atoms with E-state index in [4.69, 9.17) is 4.74 Å². The lowest BCUT2D eigenvalue weighted by molar-refractivity contribution is 0.0447. The van der Waals surface area contributed by atoms with Gasteiger partial charge in [0.15, 0.2) is 0 Å². The average molecular weight is 441 g/mol. The molecule has 4 heterocycles. The monoisotopic (exact) mass is 440 g/mol. The third kappa shape index (κ3) is 3.97. The van der Waals surface area contributed by atoms with E-state index in [2.05, 4.69) is 19.8 Å². The minimum absolute atomic E-state index is 0.277. The van der Waals surface area contributed by atoms with Gasteiger partial charge in [-0.05, 0) is 68.3 Å². The number of carbonyl (C=O) groups is 1. The van der Waals surface area contributed by atoms with Gasteiger partial charge in [-0.15, -0.1) is 0 Å². The highest BCUT2D eigenvalue weighted by atomic mass is 19.1. The first kappa shape index (κ1) is 21.3. The average Bonchev–Trinajstić information content (AvgIpc) is 3.18. The molecule has 8 heteroatoms. The Morgan fingerprint density at radius 3 is 2.59 bits per heavy atom. The van der Waals surface area contributed by atoms with Gasteiger partial charge in [-0.25, -0.2) is 14.8 Å². The second kappa shape index (κ2) is 8.41. The van der Waals surface area contributed by atoms with Gasteiger partial charge in [-0.3, -0.25) is 0 Å². The summed E-state index contributed by atoms with van der Waals surface area (Å²) in [6.07, 6.45) is 5.07. The molecule has 3 aliphatic rings. The van der Waals surface area contributed by atoms with E-state index < -0.39 is 12.1 Å². The predicted octanol–water partition coefficient (Wildman–Crippen LogP) is 3.01. The number of nitrogens with zero attached hydrogens (tertiary/aromatic N) is 4. The molecule has 0 saturated carbocycles. The van der Waals surface area contributed by atoms with Gasteiger partial charge < -0.3 is 19.6 Å². The molecule has 7 nitrogen and oxygen atoms in total. The van der Waals surface area contributed by atoms with Gasteiger partial charge in [-0.1, -0.05) is 6.07 Å². The van der Waals surface area contributed by atoms with Crippen LogP contribution in [0, 0.1) is 18.3 Å². The summed E-state index contributed by atoms with van der Waals surface area (Å²) in [6, 6.07) is 5.05. The van der Waals surface area contributed by atoms with Crippen molar-refractivity contribution < 1.29 is 19.0 Å². The summed E-state index contributed by atoms with van der Waals surface area (Å²) in [6.45, 7) is 6.54. The molecule has 2 fully saturated rings. The van der Waals surface area contributed by atoms with Crippen molar-refractivity contribution in [3.05, 3.63) is 52.7 Å². The lowest BCUT2D eigenvalue weighted by atomic mass is 9.71. The quantitative estimate of drug-likeness (QED) is 0.578. The molecule has 0 aliphatic carbocycles. The number of β-amino-alcohol motifs (C(OH)–C–C–N with tert-alkyl or cyclic N) is 1. The molecular formula is C24H29FN4O3. The number of aromatic nitrogens is 2. The zero-order chi connectivity index (χ0) is 22.3. The number of esters is 1. The highest BCUT2D eigenvalue weighted by Gasteiger charge is 2.38. The van der Waals surface area contributed by atoms with Crippen LogP contribution in [0.25, 0.3) is 0 Å². The summed E-state index contributed by atoms with van der Waals surface area (Å²) < 4.78 is 18.6. The first-order valence-corrected chi connectivity index (χ1v) is 11.4. The number of aliphatic hydroxyl groups is 1. The van der Waals surface area contributed by atoms with Gasteiger partial charge in [-0.2, -0.15) is 4.39 Å². The fourth-order valence-electron chi connectivity index (χ4n) is 5.49. The van der Waals surface area contributed by atoms with Crippen molar-refractivity contribution in [3.8, 4) is 0 Å². The van der Waals surface area contributed by atoms with Crippen molar-refractivity contribution in [1.82, 2.24) is 14.9 Å². The fraction of sp³-hybridized carbons (Fsp3) is 0.542. The third-order valence-corrected chi connectivity index (χ3v) is 7.68. The van der Waals surface area contributed by atoms with E-state index in [-0.39, 0.29) is 5.97 Å². The van der Waals surface area contributed by atoms with E-state index >= 15 is 0 Å². The molecule has 3 aliphatic heterocycles. The summed E-state index contributed by atoms with van der Waals surface area (Å²) in [4.78, 5) is 24.0. The number of likely N-dealkylation sites (tertiary alicyclic amines) is 1. The molecule has 2 saturated heterocycles. The van der Waals surface area contributed by atoms with Gasteiger partial charge in [0.25, 0.3) is 0 Å². The number of ether oxygens (including phenoxy) is 1. The second-order valence-corrected chi connectivity index (χ2v) is 9.38. The van der Waals surface area contributed by atoms with Crippen molar-refractivity contribution in [1.29, 1.82) is 0 Å². The largest absolute Gasteiger partial charge is 0.457 e. The standard InChI is InChI=1S/C24H29FN4O3/c1-16-17(2-3-18-19(16)14-32-23(18)31)20(30)13-28-8-4-24(5-9-28)6-10-29(11-7-24)22-12-21(25)26-15-27-22/h2-3,12,15,20,30H,4-11,13-14H2,1H3. The fourth-order valence-corrected chi connectivity index (χ4v) is 5.49. The predicted molar refractivity (Wildman–Crippen MR) is 117 cm³/mol. The molecule has 0 radical (unpaired) electrons. The number of anilines is 1. The number of aliphatic hydroxyl groups excluding tert-OH is 1. The molecule has 1 spiro atoms. The topological polar surface area (TPSA) is 78.8 Å². The third-order valence-electron chi connectivity index (χ3n) is 7.68. The van der Waals surface area contributed by atoms with Crippen molar-refractivity contribution in [2.24, 2.45) is 5.41 Å². The Morgan fingerprint density at radius 2 is 1.88 bits per heavy atom. The van der Waals surface area contributed by atoms with Crippen molar-refractivity contribution >= 4 is 11.8 Å². The molecule has 5 rings (SSSR count). The number of cyclic esters (lactones) is 1. The molecule has 0 bridgehead atoms. The maximum Gasteiger partial charge on any atom is 0.338 e. The van der Waals surface area contributed by atoms with Crippen LogP contribution >= 0.6 is 0 Å². The van der Waals surface area contributed by atoms with Crippen LogP contribution in [0.15, 0.2) is 24.5 Å². The van der Waals surface area contributed by atoms with Gasteiger partial charge in [0.05, 0.1) is 11.7 Å². The van der Waals surface area contributed by atoms with E-state index in [0.29, 0.717) is 29.9 Å². The van der Waals surface area contributed by atoms with Crippen LogP contribution in [0.2, 0.25) is 0 Å². The van der Waals surface area contributed by atoms with E-state index in [1.807, 2.05) is 13.0 Å². The summed E-state index contributed by atoms with van der Waals surface area (Å²) >= 11 is 0. The number of hydrogen-bond donors (Lipinski definition) is 1. The molecule has 32 heavy (non-hydrogen) atoms. The molecule has 0 amide bonds. The van der Waals surface area contributed by atoms with Gasteiger partial charge in [0.2, 0.25) is 5.95 Å². The van der Waals surface area contributed by atoms with E-state index in [9.17, 15) is 14.3 Å². The van der Waals surface area contributed by atoms with Crippen molar-refractivity contribution in [2.75, 3.05) is 37.6 Å². The highest BCUT2D eigenvalue weighted by molar-refractivity contribution is 5.93. The normalized spacial score (nSPS) is 21.5. The number of fused-ring (bicyclic) bond motifs is 1. The van der Waals surface area contributed by atoms with Crippen LogP contribution in [0.4, 0.5) is 10.2 Å². The van der Waals surface area contributed by atoms with Gasteiger partial charge >= 0.3 is 5.97 Å². The van der Waals surface area contributed by atoms with Crippen molar-refractivity contribution in [2.45, 2.75) is 45.3 Å². The van der Waals surface area contributed by atoms with Gasteiger partial charge in [0.1, 0.15) is 18.8 Å². The van der Waals surface area contributed by atoms with Crippen LogP contribution in [-0.2, 0) is 11.3 Å².